The molecule has 3 aliphatic rings. The van der Waals surface area contributed by atoms with Gasteiger partial charge in [-0.15, -0.1) is 0 Å². The van der Waals surface area contributed by atoms with Crippen LogP contribution in [0, 0.1) is 11.3 Å². The maximum Gasteiger partial charge on any atom is 0.261 e. The lowest BCUT2D eigenvalue weighted by molar-refractivity contribution is -0.129. The molecule has 2 nitrogen and oxygen atoms in total. The van der Waals surface area contributed by atoms with Gasteiger partial charge in [0.2, 0.25) is 5.91 Å². The van der Waals surface area contributed by atoms with Gasteiger partial charge in [-0.3, -0.25) is 4.79 Å². The van der Waals surface area contributed by atoms with Crippen LogP contribution in [-0.2, 0) is 4.79 Å². The average molecular weight is 215 g/mol. The molecule has 0 radical (unpaired) electrons. The van der Waals surface area contributed by atoms with E-state index in [0.717, 1.165) is 25.7 Å². The summed E-state index contributed by atoms with van der Waals surface area (Å²) in [7, 11) is 0. The SMILES string of the molecule is O=C(NC1(C(F)F)CC1)C12CCCC1C2. The Labute approximate surface area is 87.4 Å². The van der Waals surface area contributed by atoms with Crippen molar-refractivity contribution >= 4 is 5.91 Å². The van der Waals surface area contributed by atoms with Crippen LogP contribution in [0.25, 0.3) is 0 Å². The Kier molecular flexibility index (Phi) is 1.73. The van der Waals surface area contributed by atoms with Gasteiger partial charge in [0.25, 0.3) is 6.43 Å². The molecule has 2 atom stereocenters. The predicted octanol–water partition coefficient (Wildman–Crippen LogP) is 2.09. The second kappa shape index (κ2) is 2.71. The fraction of sp³-hybridized carbons (Fsp3) is 0.909. The van der Waals surface area contributed by atoms with Gasteiger partial charge < -0.3 is 5.32 Å². The highest BCUT2D eigenvalue weighted by atomic mass is 19.3. The molecule has 0 aromatic heterocycles. The number of hydrogen-bond donors (Lipinski definition) is 1. The van der Waals surface area contributed by atoms with Crippen molar-refractivity contribution in [2.24, 2.45) is 11.3 Å². The summed E-state index contributed by atoms with van der Waals surface area (Å²) in [5.41, 5.74) is -1.38. The molecule has 2 unspecified atom stereocenters. The molecule has 1 amide bonds. The second-order valence-corrected chi connectivity index (χ2v) is 5.36. The standard InChI is InChI=1S/C11H15F2NO/c12-8(13)11(4-5-11)14-9(15)10-3-1-2-7(10)6-10/h7-8H,1-6H2,(H,14,15). The van der Waals surface area contributed by atoms with Gasteiger partial charge in [0, 0.05) is 0 Å². The Morgan fingerprint density at radius 3 is 2.47 bits per heavy atom. The van der Waals surface area contributed by atoms with E-state index in [0.29, 0.717) is 18.8 Å². The molecular weight excluding hydrogens is 200 g/mol. The van der Waals surface area contributed by atoms with Gasteiger partial charge in [-0.1, -0.05) is 6.42 Å². The van der Waals surface area contributed by atoms with E-state index in [1.54, 1.807) is 0 Å². The summed E-state index contributed by atoms with van der Waals surface area (Å²) in [4.78, 5) is 11.9. The number of amides is 1. The Morgan fingerprint density at radius 2 is 2.07 bits per heavy atom. The van der Waals surface area contributed by atoms with Gasteiger partial charge in [0.1, 0.15) is 5.54 Å². The lowest BCUT2D eigenvalue weighted by atomic mass is 10.0. The molecule has 3 fully saturated rings. The molecule has 1 N–H and O–H groups in total. The molecule has 0 aliphatic heterocycles. The molecule has 4 heteroatoms. The van der Waals surface area contributed by atoms with E-state index >= 15 is 0 Å². The minimum absolute atomic E-state index is 0.0946. The normalized spacial score (nSPS) is 40.1. The Bertz CT molecular complexity index is 314. The van der Waals surface area contributed by atoms with Crippen molar-refractivity contribution < 1.29 is 13.6 Å². The van der Waals surface area contributed by atoms with E-state index < -0.39 is 12.0 Å². The zero-order chi connectivity index (χ0) is 10.7. The molecule has 0 aromatic carbocycles. The third kappa shape index (κ3) is 1.23. The minimum Gasteiger partial charge on any atom is -0.344 e. The van der Waals surface area contributed by atoms with E-state index in [-0.39, 0.29) is 11.3 Å². The van der Waals surface area contributed by atoms with Gasteiger partial charge in [-0.2, -0.15) is 0 Å². The number of alkyl halides is 2. The summed E-state index contributed by atoms with van der Waals surface area (Å²) in [6, 6.07) is 0. The van der Waals surface area contributed by atoms with Crippen LogP contribution >= 0.6 is 0 Å². The summed E-state index contributed by atoms with van der Waals surface area (Å²) in [5.74, 6) is 0.397. The molecule has 0 aromatic rings. The van der Waals surface area contributed by atoms with Crippen LogP contribution in [0.5, 0.6) is 0 Å². The number of carbonyl (C=O) groups excluding carboxylic acids is 1. The van der Waals surface area contributed by atoms with Crippen LogP contribution in [0.3, 0.4) is 0 Å². The maximum absolute atomic E-state index is 12.6. The Balaban J connectivity index is 1.67. The van der Waals surface area contributed by atoms with Crippen LogP contribution < -0.4 is 5.32 Å². The van der Waals surface area contributed by atoms with E-state index in [9.17, 15) is 13.6 Å². The number of nitrogens with one attached hydrogen (secondary N) is 1. The van der Waals surface area contributed by atoms with Crippen LogP contribution in [-0.4, -0.2) is 17.9 Å². The zero-order valence-corrected chi connectivity index (χ0v) is 8.56. The van der Waals surface area contributed by atoms with Crippen molar-refractivity contribution in [3.8, 4) is 0 Å². The van der Waals surface area contributed by atoms with Crippen LogP contribution in [0.15, 0.2) is 0 Å². The molecule has 3 rings (SSSR count). The summed E-state index contributed by atoms with van der Waals surface area (Å²) in [6.07, 6.45) is 2.50. The highest BCUT2D eigenvalue weighted by Crippen LogP contribution is 2.64. The lowest BCUT2D eigenvalue weighted by Crippen LogP contribution is -2.45. The minimum atomic E-state index is -2.41. The van der Waals surface area contributed by atoms with E-state index in [1.807, 2.05) is 0 Å². The van der Waals surface area contributed by atoms with Gasteiger partial charge in [0.05, 0.1) is 5.41 Å². The molecule has 0 bridgehead atoms. The van der Waals surface area contributed by atoms with Gasteiger partial charge in [-0.25, -0.2) is 8.78 Å². The van der Waals surface area contributed by atoms with Crippen LogP contribution in [0.2, 0.25) is 0 Å². The summed E-state index contributed by atoms with van der Waals surface area (Å²) in [5, 5.41) is 2.60. The highest BCUT2D eigenvalue weighted by Gasteiger charge is 2.64. The second-order valence-electron chi connectivity index (χ2n) is 5.36. The summed E-state index contributed by atoms with van der Waals surface area (Å²) >= 11 is 0. The van der Waals surface area contributed by atoms with E-state index in [1.165, 1.54) is 0 Å². The van der Waals surface area contributed by atoms with Crippen molar-refractivity contribution in [1.29, 1.82) is 0 Å². The molecule has 3 aliphatic carbocycles. The van der Waals surface area contributed by atoms with Crippen molar-refractivity contribution in [3.05, 3.63) is 0 Å². The molecule has 3 saturated carbocycles. The van der Waals surface area contributed by atoms with Gasteiger partial charge >= 0.3 is 0 Å². The summed E-state index contributed by atoms with van der Waals surface area (Å²) in [6.45, 7) is 0. The quantitative estimate of drug-likeness (QED) is 0.767. The molecule has 84 valence electrons. The molecule has 0 saturated heterocycles. The molecule has 0 spiro atoms. The van der Waals surface area contributed by atoms with Crippen LogP contribution in [0.1, 0.15) is 38.5 Å². The predicted molar refractivity (Wildman–Crippen MR) is 50.5 cm³/mol. The monoisotopic (exact) mass is 215 g/mol. The van der Waals surface area contributed by atoms with Crippen molar-refractivity contribution in [2.45, 2.75) is 50.5 Å². The number of rotatable bonds is 3. The largest absolute Gasteiger partial charge is 0.344 e. The Hall–Kier alpha value is -0.670. The number of halogens is 2. The summed E-state index contributed by atoms with van der Waals surface area (Å²) < 4.78 is 25.3. The fourth-order valence-corrected chi connectivity index (χ4v) is 3.00. The number of carbonyl (C=O) groups is 1. The van der Waals surface area contributed by atoms with E-state index in [2.05, 4.69) is 5.32 Å². The average Bonchev–Trinajstić information content (AvgIpc) is 3.08. The first-order valence-corrected chi connectivity index (χ1v) is 5.70. The van der Waals surface area contributed by atoms with Crippen molar-refractivity contribution in [2.75, 3.05) is 0 Å². The molecule has 15 heavy (non-hydrogen) atoms. The topological polar surface area (TPSA) is 29.1 Å². The smallest absolute Gasteiger partial charge is 0.261 e. The van der Waals surface area contributed by atoms with E-state index in [4.69, 9.17) is 0 Å². The first-order chi connectivity index (χ1) is 7.09. The number of fused-ring (bicyclic) bond motifs is 1. The Morgan fingerprint density at radius 1 is 1.33 bits per heavy atom. The van der Waals surface area contributed by atoms with Gasteiger partial charge in [-0.05, 0) is 38.0 Å². The maximum atomic E-state index is 12.6. The molecule has 0 heterocycles. The highest BCUT2D eigenvalue weighted by molar-refractivity contribution is 5.87. The van der Waals surface area contributed by atoms with Crippen molar-refractivity contribution in [3.63, 3.8) is 0 Å². The lowest BCUT2D eigenvalue weighted by Gasteiger charge is -2.20. The fourth-order valence-electron chi connectivity index (χ4n) is 3.00. The molecular formula is C11H15F2NO. The third-order valence-corrected chi connectivity index (χ3v) is 4.43. The first kappa shape index (κ1) is 9.55. The zero-order valence-electron chi connectivity index (χ0n) is 8.56. The number of hydrogen-bond acceptors (Lipinski definition) is 1. The van der Waals surface area contributed by atoms with Crippen molar-refractivity contribution in [1.82, 2.24) is 5.32 Å². The van der Waals surface area contributed by atoms with Crippen LogP contribution in [0.4, 0.5) is 8.78 Å². The third-order valence-electron chi connectivity index (χ3n) is 4.43. The first-order valence-electron chi connectivity index (χ1n) is 5.70. The van der Waals surface area contributed by atoms with Gasteiger partial charge in [0.15, 0.2) is 0 Å².